The van der Waals surface area contributed by atoms with Crippen LogP contribution < -0.4 is 0 Å². The lowest BCUT2D eigenvalue weighted by atomic mass is 9.65. The number of allylic oxidation sites excluding steroid dienone is 2. The Kier molecular flexibility index (Phi) is 5.44. The number of rotatable bonds is 4. The molecule has 0 radical (unpaired) electrons. The molecule has 1 aliphatic carbocycles. The van der Waals surface area contributed by atoms with Crippen molar-refractivity contribution in [2.24, 2.45) is 11.3 Å². The first-order valence-corrected chi connectivity index (χ1v) is 7.10. The molecule has 0 saturated heterocycles. The van der Waals surface area contributed by atoms with Crippen molar-refractivity contribution in [3.05, 3.63) is 28.5 Å². The van der Waals surface area contributed by atoms with Crippen molar-refractivity contribution >= 4 is 0 Å². The van der Waals surface area contributed by atoms with Crippen molar-refractivity contribution in [1.29, 1.82) is 0 Å². The standard InChI is InChI=1S/C17H28O/c1-13(7-6-12-18)8-11-16-14(2)9-10-15(3)17(16,4)5/h6,15,18H,8-12H2,1-5H3. The van der Waals surface area contributed by atoms with E-state index < -0.39 is 0 Å². The molecule has 1 atom stereocenters. The number of hydrogen-bond acceptors (Lipinski definition) is 1. The van der Waals surface area contributed by atoms with Crippen molar-refractivity contribution in [2.75, 3.05) is 6.61 Å². The molecule has 1 nitrogen and oxygen atoms in total. The van der Waals surface area contributed by atoms with Crippen LogP contribution in [-0.2, 0) is 0 Å². The first-order valence-electron chi connectivity index (χ1n) is 7.10. The third kappa shape index (κ3) is 3.60. The molecule has 0 aromatic heterocycles. The van der Waals surface area contributed by atoms with Crippen LogP contribution in [0, 0.1) is 11.3 Å². The average Bonchev–Trinajstić information content (AvgIpc) is 2.31. The highest BCUT2D eigenvalue weighted by Crippen LogP contribution is 2.46. The first kappa shape index (κ1) is 15.3. The van der Waals surface area contributed by atoms with Crippen LogP contribution in [0.2, 0.25) is 0 Å². The van der Waals surface area contributed by atoms with Gasteiger partial charge in [0, 0.05) is 0 Å². The average molecular weight is 248 g/mol. The number of aliphatic hydroxyl groups is 1. The molecule has 0 aliphatic heterocycles. The molecule has 0 bridgehead atoms. The molecular formula is C17H28O. The van der Waals surface area contributed by atoms with E-state index in [1.54, 1.807) is 17.2 Å². The fourth-order valence-corrected chi connectivity index (χ4v) is 2.93. The summed E-state index contributed by atoms with van der Waals surface area (Å²) >= 11 is 0. The fraction of sp³-hybridized carbons (Fsp3) is 0.706. The molecule has 1 unspecified atom stereocenters. The molecule has 1 N–H and O–H groups in total. The van der Waals surface area contributed by atoms with E-state index >= 15 is 0 Å². The summed E-state index contributed by atoms with van der Waals surface area (Å²) in [6.07, 6.45) is 6.47. The predicted octanol–water partition coefficient (Wildman–Crippen LogP) is 4.63. The highest BCUT2D eigenvalue weighted by Gasteiger charge is 2.33. The molecule has 1 aliphatic rings. The lowest BCUT2D eigenvalue weighted by molar-refractivity contribution is 0.242. The molecule has 1 heteroatoms. The maximum atomic E-state index is 8.75. The molecule has 18 heavy (non-hydrogen) atoms. The summed E-state index contributed by atoms with van der Waals surface area (Å²) in [5.74, 6) is 0.772. The Labute approximate surface area is 112 Å². The monoisotopic (exact) mass is 248 g/mol. The van der Waals surface area contributed by atoms with E-state index in [1.165, 1.54) is 18.4 Å². The van der Waals surface area contributed by atoms with E-state index in [0.717, 1.165) is 18.8 Å². The van der Waals surface area contributed by atoms with Gasteiger partial charge in [0.15, 0.2) is 0 Å². The Morgan fingerprint density at radius 2 is 2.17 bits per heavy atom. The summed E-state index contributed by atoms with van der Waals surface area (Å²) in [5, 5.41) is 8.75. The Hall–Kier alpha value is -0.780. The van der Waals surface area contributed by atoms with Gasteiger partial charge in [0.05, 0.1) is 6.61 Å². The summed E-state index contributed by atoms with van der Waals surface area (Å²) in [6, 6.07) is 0. The zero-order valence-electron chi connectivity index (χ0n) is 12.6. The van der Waals surface area contributed by atoms with Crippen molar-refractivity contribution in [2.45, 2.75) is 60.3 Å². The van der Waals surface area contributed by atoms with Gasteiger partial charge >= 0.3 is 0 Å². The summed E-state index contributed by atoms with van der Waals surface area (Å²) in [7, 11) is 0. The van der Waals surface area contributed by atoms with Gasteiger partial charge in [-0.2, -0.15) is 0 Å². The summed E-state index contributed by atoms with van der Waals surface area (Å²) < 4.78 is 0. The van der Waals surface area contributed by atoms with Gasteiger partial charge in [-0.3, -0.25) is 0 Å². The zero-order chi connectivity index (χ0) is 13.8. The lowest BCUT2D eigenvalue weighted by Crippen LogP contribution is -2.28. The number of hydrogen-bond donors (Lipinski definition) is 1. The molecule has 1 rings (SSSR count). The van der Waals surface area contributed by atoms with Gasteiger partial charge in [0.2, 0.25) is 0 Å². The van der Waals surface area contributed by atoms with Crippen molar-refractivity contribution in [3.8, 4) is 0 Å². The minimum atomic E-state index is 0.0849. The summed E-state index contributed by atoms with van der Waals surface area (Å²) in [6.45, 7) is 11.6. The van der Waals surface area contributed by atoms with Crippen LogP contribution in [0.1, 0.15) is 60.3 Å². The van der Waals surface area contributed by atoms with Crippen LogP contribution in [0.25, 0.3) is 0 Å². The van der Waals surface area contributed by atoms with Gasteiger partial charge in [-0.05, 0) is 62.5 Å². The predicted molar refractivity (Wildman–Crippen MR) is 78.5 cm³/mol. The lowest BCUT2D eigenvalue weighted by Gasteiger charge is -2.40. The largest absolute Gasteiger partial charge is 0.392 e. The van der Waals surface area contributed by atoms with Crippen molar-refractivity contribution < 1.29 is 5.11 Å². The second kappa shape index (κ2) is 6.41. The van der Waals surface area contributed by atoms with Gasteiger partial charge in [-0.25, -0.2) is 0 Å². The smallest absolute Gasteiger partial charge is 0.0686 e. The Bertz CT molecular complexity index is 378. The zero-order valence-corrected chi connectivity index (χ0v) is 12.6. The molecule has 0 aromatic carbocycles. The minimum absolute atomic E-state index is 0.0849. The second-order valence-corrected chi connectivity index (χ2v) is 6.23. The van der Waals surface area contributed by atoms with E-state index in [-0.39, 0.29) is 6.61 Å². The first-order chi connectivity index (χ1) is 8.39. The van der Waals surface area contributed by atoms with Gasteiger partial charge in [0.1, 0.15) is 0 Å². The molecule has 0 fully saturated rings. The Morgan fingerprint density at radius 1 is 1.50 bits per heavy atom. The minimum Gasteiger partial charge on any atom is -0.392 e. The van der Waals surface area contributed by atoms with Gasteiger partial charge in [-0.15, -0.1) is 5.73 Å². The van der Waals surface area contributed by atoms with Gasteiger partial charge < -0.3 is 5.11 Å². The summed E-state index contributed by atoms with van der Waals surface area (Å²) in [4.78, 5) is 0. The van der Waals surface area contributed by atoms with Crippen molar-refractivity contribution in [1.82, 2.24) is 0 Å². The molecule has 0 spiro atoms. The third-order valence-corrected chi connectivity index (χ3v) is 4.67. The maximum absolute atomic E-state index is 8.75. The van der Waals surface area contributed by atoms with E-state index in [1.807, 2.05) is 0 Å². The van der Waals surface area contributed by atoms with Gasteiger partial charge in [0.25, 0.3) is 0 Å². The molecule has 102 valence electrons. The van der Waals surface area contributed by atoms with E-state index in [0.29, 0.717) is 5.41 Å². The quantitative estimate of drug-likeness (QED) is 0.568. The highest BCUT2D eigenvalue weighted by molar-refractivity contribution is 5.24. The molecule has 0 saturated carbocycles. The Balaban J connectivity index is 2.79. The van der Waals surface area contributed by atoms with Crippen molar-refractivity contribution in [3.63, 3.8) is 0 Å². The van der Waals surface area contributed by atoms with E-state index in [4.69, 9.17) is 5.11 Å². The molecular weight excluding hydrogens is 220 g/mol. The van der Waals surface area contributed by atoms with Crippen LogP contribution >= 0.6 is 0 Å². The van der Waals surface area contributed by atoms with Gasteiger partial charge in [-0.1, -0.05) is 31.9 Å². The maximum Gasteiger partial charge on any atom is 0.0686 e. The second-order valence-electron chi connectivity index (χ2n) is 6.23. The van der Waals surface area contributed by atoms with E-state index in [9.17, 15) is 0 Å². The van der Waals surface area contributed by atoms with Crippen LogP contribution in [-0.4, -0.2) is 11.7 Å². The van der Waals surface area contributed by atoms with Crippen LogP contribution in [0.15, 0.2) is 28.5 Å². The molecule has 0 heterocycles. The summed E-state index contributed by atoms with van der Waals surface area (Å²) in [5.41, 5.74) is 7.95. The molecule has 0 aromatic rings. The number of aliphatic hydroxyl groups excluding tert-OH is 1. The molecule has 0 amide bonds. The highest BCUT2D eigenvalue weighted by atomic mass is 16.2. The Morgan fingerprint density at radius 3 is 2.78 bits per heavy atom. The van der Waals surface area contributed by atoms with E-state index in [2.05, 4.69) is 40.3 Å². The van der Waals surface area contributed by atoms with Crippen LogP contribution in [0.5, 0.6) is 0 Å². The van der Waals surface area contributed by atoms with Crippen LogP contribution in [0.4, 0.5) is 0 Å². The normalized spacial score (nSPS) is 22.7. The fourth-order valence-electron chi connectivity index (χ4n) is 2.93. The third-order valence-electron chi connectivity index (χ3n) is 4.67. The topological polar surface area (TPSA) is 20.2 Å². The van der Waals surface area contributed by atoms with Crippen LogP contribution in [0.3, 0.4) is 0 Å². The SMILES string of the molecule is CC(=C=CCO)CCC1=C(C)CCC(C)C1(C)C.